The molecule has 1 aliphatic heterocycles. The molecule has 0 saturated carbocycles. The van der Waals surface area contributed by atoms with E-state index in [2.05, 4.69) is 21.5 Å². The molecule has 1 amide bonds. The number of pyridine rings is 1. The molecule has 1 N–H and O–H groups in total. The molecule has 6 heteroatoms. The zero-order valence-electron chi connectivity index (χ0n) is 12.5. The van der Waals surface area contributed by atoms with Crippen LogP contribution >= 0.6 is 11.8 Å². The van der Waals surface area contributed by atoms with Gasteiger partial charge in [0.1, 0.15) is 6.04 Å². The maximum atomic E-state index is 12.6. The predicted octanol–water partition coefficient (Wildman–Crippen LogP) is 1.32. The van der Waals surface area contributed by atoms with E-state index in [1.54, 1.807) is 24.2 Å². The van der Waals surface area contributed by atoms with Crippen LogP contribution < -0.4 is 5.32 Å². The zero-order chi connectivity index (χ0) is 14.9. The number of amides is 1. The van der Waals surface area contributed by atoms with Crippen molar-refractivity contribution in [1.29, 1.82) is 0 Å². The molecule has 0 aromatic carbocycles. The molecule has 0 spiro atoms. The van der Waals surface area contributed by atoms with E-state index in [0.29, 0.717) is 13.2 Å². The Morgan fingerprint density at radius 3 is 3.00 bits per heavy atom. The van der Waals surface area contributed by atoms with Crippen molar-refractivity contribution in [3.8, 4) is 0 Å². The molecule has 1 aromatic heterocycles. The van der Waals surface area contributed by atoms with Crippen molar-refractivity contribution in [2.24, 2.45) is 0 Å². The van der Waals surface area contributed by atoms with Gasteiger partial charge in [-0.1, -0.05) is 6.07 Å². The Kier molecular flexibility index (Phi) is 6.99. The van der Waals surface area contributed by atoms with Gasteiger partial charge < -0.3 is 10.1 Å². The number of carbonyl (C=O) groups is 1. The lowest BCUT2D eigenvalue weighted by atomic mass is 10.1. The monoisotopic (exact) mass is 309 g/mol. The Labute approximate surface area is 130 Å². The standard InChI is InChI=1S/C15H23N3O2S/c1-21-11-3-6-17-15(19)14(13-4-2-5-16-12-13)18-7-9-20-10-8-18/h2,4-5,12,14H,3,6-11H2,1H3,(H,17,19)/t14-/m1/s1. The van der Waals surface area contributed by atoms with E-state index in [9.17, 15) is 4.79 Å². The van der Waals surface area contributed by atoms with Crippen molar-refractivity contribution >= 4 is 17.7 Å². The summed E-state index contributed by atoms with van der Waals surface area (Å²) in [4.78, 5) is 18.9. The summed E-state index contributed by atoms with van der Waals surface area (Å²) in [6.07, 6.45) is 6.58. The van der Waals surface area contributed by atoms with Crippen molar-refractivity contribution < 1.29 is 9.53 Å². The molecule has 21 heavy (non-hydrogen) atoms. The summed E-state index contributed by atoms with van der Waals surface area (Å²) >= 11 is 1.80. The lowest BCUT2D eigenvalue weighted by Crippen LogP contribution is -2.46. The van der Waals surface area contributed by atoms with Crippen LogP contribution in [0, 0.1) is 0 Å². The fourth-order valence-corrected chi connectivity index (χ4v) is 2.86. The highest BCUT2D eigenvalue weighted by atomic mass is 32.2. The number of nitrogens with zero attached hydrogens (tertiary/aromatic N) is 2. The highest BCUT2D eigenvalue weighted by Crippen LogP contribution is 2.21. The molecule has 1 fully saturated rings. The van der Waals surface area contributed by atoms with E-state index in [1.807, 2.05) is 12.1 Å². The number of ether oxygens (including phenoxy) is 1. The Morgan fingerprint density at radius 1 is 1.52 bits per heavy atom. The van der Waals surface area contributed by atoms with Crippen LogP contribution in [0.15, 0.2) is 24.5 Å². The molecule has 0 radical (unpaired) electrons. The van der Waals surface area contributed by atoms with Crippen LogP contribution in [0.3, 0.4) is 0 Å². The minimum atomic E-state index is -0.267. The van der Waals surface area contributed by atoms with Crippen molar-refractivity contribution in [1.82, 2.24) is 15.2 Å². The fourth-order valence-electron chi connectivity index (χ4n) is 2.43. The summed E-state index contributed by atoms with van der Waals surface area (Å²) in [7, 11) is 0. The quantitative estimate of drug-likeness (QED) is 0.770. The Morgan fingerprint density at radius 2 is 2.33 bits per heavy atom. The third-order valence-electron chi connectivity index (χ3n) is 3.48. The number of nitrogens with one attached hydrogen (secondary N) is 1. The smallest absolute Gasteiger partial charge is 0.242 e. The molecule has 0 bridgehead atoms. The van der Waals surface area contributed by atoms with Gasteiger partial charge in [-0.15, -0.1) is 0 Å². The first kappa shape index (κ1) is 16.3. The largest absolute Gasteiger partial charge is 0.379 e. The molecule has 116 valence electrons. The van der Waals surface area contributed by atoms with E-state index in [-0.39, 0.29) is 11.9 Å². The number of morpholine rings is 1. The Hall–Kier alpha value is -1.11. The summed E-state index contributed by atoms with van der Waals surface area (Å²) in [6, 6.07) is 3.58. The molecule has 5 nitrogen and oxygen atoms in total. The summed E-state index contributed by atoms with van der Waals surface area (Å²) in [5.41, 5.74) is 0.946. The van der Waals surface area contributed by atoms with Gasteiger partial charge in [-0.2, -0.15) is 11.8 Å². The molecule has 1 aliphatic rings. The van der Waals surface area contributed by atoms with Crippen molar-refractivity contribution in [3.63, 3.8) is 0 Å². The number of rotatable bonds is 7. The molecule has 0 aliphatic carbocycles. The number of thioether (sulfide) groups is 1. The van der Waals surface area contributed by atoms with Gasteiger partial charge in [0.15, 0.2) is 0 Å². The minimum absolute atomic E-state index is 0.0611. The lowest BCUT2D eigenvalue weighted by Gasteiger charge is -2.33. The highest BCUT2D eigenvalue weighted by Gasteiger charge is 2.28. The van der Waals surface area contributed by atoms with Crippen LogP contribution in [0.5, 0.6) is 0 Å². The first-order valence-corrected chi connectivity index (χ1v) is 8.70. The molecule has 1 aromatic rings. The average molecular weight is 309 g/mol. The number of aromatic nitrogens is 1. The van der Waals surface area contributed by atoms with E-state index in [4.69, 9.17) is 4.74 Å². The van der Waals surface area contributed by atoms with E-state index >= 15 is 0 Å². The fraction of sp³-hybridized carbons (Fsp3) is 0.600. The van der Waals surface area contributed by atoms with Gasteiger partial charge in [0, 0.05) is 32.0 Å². The van der Waals surface area contributed by atoms with Crippen molar-refractivity contribution in [2.45, 2.75) is 12.5 Å². The van der Waals surface area contributed by atoms with Gasteiger partial charge >= 0.3 is 0 Å². The van der Waals surface area contributed by atoms with Crippen LogP contribution in [-0.4, -0.2) is 60.6 Å². The first-order chi connectivity index (χ1) is 10.3. The number of hydrogen-bond acceptors (Lipinski definition) is 5. The predicted molar refractivity (Wildman–Crippen MR) is 85.4 cm³/mol. The molecule has 2 rings (SSSR count). The normalized spacial score (nSPS) is 17.4. The summed E-state index contributed by atoms with van der Waals surface area (Å²) in [6.45, 7) is 3.63. The van der Waals surface area contributed by atoms with Gasteiger partial charge in [0.25, 0.3) is 0 Å². The highest BCUT2D eigenvalue weighted by molar-refractivity contribution is 7.98. The Bertz CT molecular complexity index is 424. The second-order valence-electron chi connectivity index (χ2n) is 4.97. The van der Waals surface area contributed by atoms with Gasteiger partial charge in [0.2, 0.25) is 5.91 Å². The molecular weight excluding hydrogens is 286 g/mol. The van der Waals surface area contributed by atoms with Crippen LogP contribution in [0.2, 0.25) is 0 Å². The lowest BCUT2D eigenvalue weighted by molar-refractivity contribution is -0.128. The van der Waals surface area contributed by atoms with Crippen LogP contribution in [0.1, 0.15) is 18.0 Å². The van der Waals surface area contributed by atoms with Crippen LogP contribution in [0.25, 0.3) is 0 Å². The van der Waals surface area contributed by atoms with Gasteiger partial charge in [0.05, 0.1) is 13.2 Å². The summed E-state index contributed by atoms with van der Waals surface area (Å²) < 4.78 is 5.39. The van der Waals surface area contributed by atoms with Crippen LogP contribution in [-0.2, 0) is 9.53 Å². The van der Waals surface area contributed by atoms with Crippen molar-refractivity contribution in [3.05, 3.63) is 30.1 Å². The maximum absolute atomic E-state index is 12.6. The van der Waals surface area contributed by atoms with E-state index < -0.39 is 0 Å². The maximum Gasteiger partial charge on any atom is 0.242 e. The summed E-state index contributed by atoms with van der Waals surface area (Å²) in [5.74, 6) is 1.13. The molecule has 2 heterocycles. The first-order valence-electron chi connectivity index (χ1n) is 7.31. The van der Waals surface area contributed by atoms with Crippen LogP contribution in [0.4, 0.5) is 0 Å². The SMILES string of the molecule is CSCCCNC(=O)[C@@H](c1cccnc1)N1CCOCC1. The molecule has 0 unspecified atom stereocenters. The third-order valence-corrected chi connectivity index (χ3v) is 4.18. The van der Waals surface area contributed by atoms with Gasteiger partial charge in [-0.25, -0.2) is 0 Å². The van der Waals surface area contributed by atoms with Gasteiger partial charge in [-0.05, 0) is 30.1 Å². The molecule has 1 atom stereocenters. The van der Waals surface area contributed by atoms with Gasteiger partial charge in [-0.3, -0.25) is 14.7 Å². The van der Waals surface area contributed by atoms with E-state index in [0.717, 1.165) is 37.4 Å². The average Bonchev–Trinajstić information content (AvgIpc) is 2.54. The minimum Gasteiger partial charge on any atom is -0.379 e. The third kappa shape index (κ3) is 4.98. The zero-order valence-corrected chi connectivity index (χ0v) is 13.3. The number of hydrogen-bond donors (Lipinski definition) is 1. The molecular formula is C15H23N3O2S. The topological polar surface area (TPSA) is 54.5 Å². The van der Waals surface area contributed by atoms with E-state index in [1.165, 1.54) is 0 Å². The molecule has 1 saturated heterocycles. The Balaban J connectivity index is 2.02. The second-order valence-corrected chi connectivity index (χ2v) is 5.96. The van der Waals surface area contributed by atoms with Crippen molar-refractivity contribution in [2.75, 3.05) is 44.9 Å². The number of carbonyl (C=O) groups excluding carboxylic acids is 1. The summed E-state index contributed by atoms with van der Waals surface area (Å²) in [5, 5.41) is 3.05. The second kappa shape index (κ2) is 9.02.